The molecular formula is C15H22N6O3S. The number of anilines is 1. The highest BCUT2D eigenvalue weighted by Gasteiger charge is 2.31. The average molecular weight is 366 g/mol. The Kier molecular flexibility index (Phi) is 4.71. The maximum atomic E-state index is 12.3. The van der Waals surface area contributed by atoms with Gasteiger partial charge in [-0.05, 0) is 20.3 Å². The number of carbonyl (C=O) groups excluding carboxylic acids is 1. The van der Waals surface area contributed by atoms with Gasteiger partial charge in [-0.15, -0.1) is 0 Å². The van der Waals surface area contributed by atoms with E-state index < -0.39 is 15.3 Å². The van der Waals surface area contributed by atoms with E-state index in [1.54, 1.807) is 29.5 Å². The third-order valence-electron chi connectivity index (χ3n) is 4.67. The Bertz CT molecular complexity index is 810. The molecule has 3 heterocycles. The molecule has 2 aliphatic rings. The van der Waals surface area contributed by atoms with Gasteiger partial charge in [0.1, 0.15) is 0 Å². The Morgan fingerprint density at radius 1 is 1.40 bits per heavy atom. The Labute approximate surface area is 147 Å². The third-order valence-corrected chi connectivity index (χ3v) is 6.89. The van der Waals surface area contributed by atoms with Crippen LogP contribution in [-0.4, -0.2) is 58.2 Å². The van der Waals surface area contributed by atoms with Crippen molar-refractivity contribution in [3.8, 4) is 6.19 Å². The van der Waals surface area contributed by atoms with Crippen LogP contribution in [-0.2, 0) is 27.9 Å². The molecule has 1 unspecified atom stereocenters. The van der Waals surface area contributed by atoms with Crippen LogP contribution in [0.25, 0.3) is 0 Å². The SMILES string of the molecule is CC(C)S(=O)(=O)N1CCn2nc(NC(=O)C3CCN(C#N)C3)cc2C1. The van der Waals surface area contributed by atoms with Gasteiger partial charge in [-0.25, -0.2) is 8.42 Å². The second-order valence-corrected chi connectivity index (χ2v) is 9.18. The molecule has 1 amide bonds. The monoisotopic (exact) mass is 366 g/mol. The minimum absolute atomic E-state index is 0.153. The number of amides is 1. The molecule has 1 N–H and O–H groups in total. The van der Waals surface area contributed by atoms with Gasteiger partial charge >= 0.3 is 0 Å². The summed E-state index contributed by atoms with van der Waals surface area (Å²) in [7, 11) is -3.31. The minimum Gasteiger partial charge on any atom is -0.310 e. The summed E-state index contributed by atoms with van der Waals surface area (Å²) >= 11 is 0. The van der Waals surface area contributed by atoms with Crippen molar-refractivity contribution in [3.05, 3.63) is 11.8 Å². The van der Waals surface area contributed by atoms with Gasteiger partial charge in [0.25, 0.3) is 0 Å². The lowest BCUT2D eigenvalue weighted by atomic mass is 10.1. The fourth-order valence-corrected chi connectivity index (χ4v) is 4.36. The number of hydrogen-bond acceptors (Lipinski definition) is 6. The molecule has 0 saturated carbocycles. The number of sulfonamides is 1. The lowest BCUT2D eigenvalue weighted by Crippen LogP contribution is -2.41. The van der Waals surface area contributed by atoms with E-state index in [0.29, 0.717) is 38.4 Å². The van der Waals surface area contributed by atoms with Crippen LogP contribution in [0.15, 0.2) is 6.07 Å². The number of hydrogen-bond donors (Lipinski definition) is 1. The fraction of sp³-hybridized carbons (Fsp3) is 0.667. The van der Waals surface area contributed by atoms with Crippen molar-refractivity contribution in [1.29, 1.82) is 5.26 Å². The van der Waals surface area contributed by atoms with E-state index in [1.165, 1.54) is 4.31 Å². The summed E-state index contributed by atoms with van der Waals surface area (Å²) in [6.45, 7) is 5.45. The van der Waals surface area contributed by atoms with Gasteiger partial charge < -0.3 is 10.2 Å². The smallest absolute Gasteiger partial charge is 0.230 e. The molecule has 25 heavy (non-hydrogen) atoms. The topological polar surface area (TPSA) is 111 Å². The van der Waals surface area contributed by atoms with Crippen molar-refractivity contribution in [3.63, 3.8) is 0 Å². The van der Waals surface area contributed by atoms with E-state index >= 15 is 0 Å². The summed E-state index contributed by atoms with van der Waals surface area (Å²) in [6.07, 6.45) is 2.70. The number of nitrogens with zero attached hydrogens (tertiary/aromatic N) is 5. The molecule has 136 valence electrons. The Morgan fingerprint density at radius 2 is 2.16 bits per heavy atom. The molecule has 0 aliphatic carbocycles. The predicted octanol–water partition coefficient (Wildman–Crippen LogP) is 0.178. The van der Waals surface area contributed by atoms with E-state index in [9.17, 15) is 13.2 Å². The number of carbonyl (C=O) groups is 1. The Morgan fingerprint density at radius 3 is 2.80 bits per heavy atom. The molecule has 1 aromatic rings. The fourth-order valence-electron chi connectivity index (χ4n) is 3.11. The van der Waals surface area contributed by atoms with Crippen LogP contribution in [0.3, 0.4) is 0 Å². The lowest BCUT2D eigenvalue weighted by molar-refractivity contribution is -0.119. The van der Waals surface area contributed by atoms with Crippen LogP contribution in [0.4, 0.5) is 5.82 Å². The zero-order valence-corrected chi connectivity index (χ0v) is 15.2. The van der Waals surface area contributed by atoms with Gasteiger partial charge in [0.05, 0.1) is 30.0 Å². The van der Waals surface area contributed by atoms with Crippen LogP contribution in [0, 0.1) is 17.4 Å². The van der Waals surface area contributed by atoms with E-state index in [-0.39, 0.29) is 18.4 Å². The van der Waals surface area contributed by atoms with E-state index in [2.05, 4.69) is 16.6 Å². The van der Waals surface area contributed by atoms with Crippen molar-refractivity contribution in [2.45, 2.75) is 38.6 Å². The standard InChI is InChI=1S/C15H22N6O3S/c1-11(2)25(23,24)20-5-6-21-13(9-20)7-14(18-21)17-15(22)12-3-4-19(8-12)10-16/h7,11-12H,3-6,8-9H2,1-2H3,(H,17,18,22). The first-order chi connectivity index (χ1) is 11.8. The molecule has 0 aromatic carbocycles. The van der Waals surface area contributed by atoms with Crippen molar-refractivity contribution in [2.75, 3.05) is 25.0 Å². The first kappa shape index (κ1) is 17.7. The first-order valence-electron chi connectivity index (χ1n) is 8.32. The molecule has 0 radical (unpaired) electrons. The highest BCUT2D eigenvalue weighted by atomic mass is 32.2. The van der Waals surface area contributed by atoms with Crippen LogP contribution in [0.1, 0.15) is 26.0 Å². The predicted molar refractivity (Wildman–Crippen MR) is 90.6 cm³/mol. The Hall–Kier alpha value is -2.12. The number of rotatable bonds is 4. The lowest BCUT2D eigenvalue weighted by Gasteiger charge is -2.28. The molecule has 9 nitrogen and oxygen atoms in total. The summed E-state index contributed by atoms with van der Waals surface area (Å²) in [5.74, 6) is 0.0512. The van der Waals surface area contributed by atoms with Crippen LogP contribution < -0.4 is 5.32 Å². The molecule has 2 aliphatic heterocycles. The number of nitrogens with one attached hydrogen (secondary N) is 1. The summed E-state index contributed by atoms with van der Waals surface area (Å²) in [5, 5.41) is 15.5. The quantitative estimate of drug-likeness (QED) is 0.761. The molecule has 0 bridgehead atoms. The molecule has 1 saturated heterocycles. The van der Waals surface area contributed by atoms with E-state index in [0.717, 1.165) is 5.69 Å². The summed E-state index contributed by atoms with van der Waals surface area (Å²) < 4.78 is 27.8. The summed E-state index contributed by atoms with van der Waals surface area (Å²) in [6, 6.07) is 1.72. The zero-order valence-electron chi connectivity index (χ0n) is 14.3. The second-order valence-electron chi connectivity index (χ2n) is 6.69. The van der Waals surface area contributed by atoms with Gasteiger partial charge in [-0.3, -0.25) is 9.48 Å². The molecular weight excluding hydrogens is 344 g/mol. The van der Waals surface area contributed by atoms with Crippen LogP contribution in [0.2, 0.25) is 0 Å². The third kappa shape index (κ3) is 3.48. The maximum Gasteiger partial charge on any atom is 0.230 e. The van der Waals surface area contributed by atoms with Crippen molar-refractivity contribution >= 4 is 21.7 Å². The van der Waals surface area contributed by atoms with Gasteiger partial charge in [0.2, 0.25) is 15.9 Å². The minimum atomic E-state index is -3.31. The van der Waals surface area contributed by atoms with Crippen molar-refractivity contribution in [2.24, 2.45) is 5.92 Å². The highest BCUT2D eigenvalue weighted by Crippen LogP contribution is 2.22. The van der Waals surface area contributed by atoms with Crippen molar-refractivity contribution in [1.82, 2.24) is 19.0 Å². The van der Waals surface area contributed by atoms with Crippen LogP contribution in [0.5, 0.6) is 0 Å². The molecule has 3 rings (SSSR count). The summed E-state index contributed by atoms with van der Waals surface area (Å²) in [4.78, 5) is 13.9. The van der Waals surface area contributed by atoms with Gasteiger partial charge in [0, 0.05) is 25.7 Å². The average Bonchev–Trinajstić information content (AvgIpc) is 3.19. The van der Waals surface area contributed by atoms with Crippen molar-refractivity contribution < 1.29 is 13.2 Å². The highest BCUT2D eigenvalue weighted by molar-refractivity contribution is 7.89. The molecule has 10 heteroatoms. The van der Waals surface area contributed by atoms with Gasteiger partial charge in [-0.1, -0.05) is 0 Å². The number of likely N-dealkylation sites (tertiary alicyclic amines) is 1. The van der Waals surface area contributed by atoms with Gasteiger partial charge in [-0.2, -0.15) is 14.7 Å². The molecule has 1 fully saturated rings. The maximum absolute atomic E-state index is 12.3. The van der Waals surface area contributed by atoms with E-state index in [4.69, 9.17) is 5.26 Å². The summed E-state index contributed by atoms with van der Waals surface area (Å²) in [5.41, 5.74) is 0.760. The first-order valence-corrected chi connectivity index (χ1v) is 9.83. The number of nitriles is 1. The molecule has 0 spiro atoms. The van der Waals surface area contributed by atoms with Crippen LogP contribution >= 0.6 is 0 Å². The Balaban J connectivity index is 1.67. The number of fused-ring (bicyclic) bond motifs is 1. The normalized spacial score (nSPS) is 21.2. The second kappa shape index (κ2) is 6.65. The van der Waals surface area contributed by atoms with Gasteiger partial charge in [0.15, 0.2) is 12.0 Å². The molecule has 1 aromatic heterocycles. The zero-order chi connectivity index (χ0) is 18.2. The largest absolute Gasteiger partial charge is 0.310 e. The van der Waals surface area contributed by atoms with E-state index in [1.807, 2.05) is 0 Å². The molecule has 1 atom stereocenters. The number of aromatic nitrogens is 2.